The summed E-state index contributed by atoms with van der Waals surface area (Å²) < 4.78 is 22.2. The van der Waals surface area contributed by atoms with Crippen LogP contribution in [0.1, 0.15) is 27.2 Å². The Balaban J connectivity index is 4.55. The number of carbonyl (C=O) groups is 3. The minimum Gasteiger partial charge on any atom is -0.480 e. The Hall–Kier alpha value is -1.86. The molecule has 7 nitrogen and oxygen atoms in total. The first-order chi connectivity index (χ1) is 8.56. The van der Waals surface area contributed by atoms with Gasteiger partial charge in [0.15, 0.2) is 6.17 Å². The zero-order chi connectivity index (χ0) is 15.2. The zero-order valence-corrected chi connectivity index (χ0v) is 11.2. The molecule has 0 heterocycles. The number of alkyl carbamates (subject to hydrolysis) is 1. The number of esters is 1. The average molecular weight is 279 g/mol. The van der Waals surface area contributed by atoms with Crippen LogP contribution in [0.25, 0.3) is 0 Å². The van der Waals surface area contributed by atoms with Crippen LogP contribution in [0.2, 0.25) is 0 Å². The zero-order valence-electron chi connectivity index (χ0n) is 11.2. The normalized spacial score (nSPS) is 14.2. The summed E-state index contributed by atoms with van der Waals surface area (Å²) >= 11 is 0. The predicted molar refractivity (Wildman–Crippen MR) is 62.3 cm³/mol. The average Bonchev–Trinajstić information content (AvgIpc) is 2.24. The molecule has 19 heavy (non-hydrogen) atoms. The van der Waals surface area contributed by atoms with E-state index in [9.17, 15) is 18.8 Å². The molecule has 0 aliphatic carbocycles. The molecule has 0 aliphatic rings. The summed E-state index contributed by atoms with van der Waals surface area (Å²) in [5.41, 5.74) is -0.815. The van der Waals surface area contributed by atoms with Gasteiger partial charge in [-0.3, -0.25) is 0 Å². The van der Waals surface area contributed by atoms with E-state index in [-0.39, 0.29) is 0 Å². The van der Waals surface area contributed by atoms with Crippen molar-refractivity contribution in [2.45, 2.75) is 45.0 Å². The number of ether oxygens (including phenoxy) is 2. The minimum absolute atomic E-state index is 0.735. The summed E-state index contributed by atoms with van der Waals surface area (Å²) in [4.78, 5) is 33.1. The molecule has 0 spiro atoms. The van der Waals surface area contributed by atoms with Crippen molar-refractivity contribution < 1.29 is 33.4 Å². The number of alkyl halides is 1. The quantitative estimate of drug-likeness (QED) is 0.724. The smallest absolute Gasteiger partial charge is 0.408 e. The molecule has 0 aromatic carbocycles. The molecule has 0 bridgehead atoms. The fourth-order valence-corrected chi connectivity index (χ4v) is 1.10. The number of carbonyl (C=O) groups excluding carboxylic acids is 2. The molecule has 0 rings (SSSR count). The molecular weight excluding hydrogens is 261 g/mol. The Kier molecular flexibility index (Phi) is 6.23. The number of hydrogen-bond donors (Lipinski definition) is 2. The molecule has 0 aromatic rings. The third kappa shape index (κ3) is 7.22. The number of rotatable bonds is 5. The lowest BCUT2D eigenvalue weighted by atomic mass is 10.1. The number of nitrogens with one attached hydrogen (secondary N) is 1. The van der Waals surface area contributed by atoms with Gasteiger partial charge in [0, 0.05) is 6.42 Å². The molecule has 0 saturated carbocycles. The number of amides is 1. The highest BCUT2D eigenvalue weighted by molar-refractivity contribution is 5.81. The number of aliphatic carboxylic acids is 1. The highest BCUT2D eigenvalue weighted by Crippen LogP contribution is 2.09. The number of carboxylic acid groups (broad SMARTS) is 1. The van der Waals surface area contributed by atoms with E-state index in [1.807, 2.05) is 5.32 Å². The molecule has 2 atom stereocenters. The fraction of sp³-hybridized carbons (Fsp3) is 0.727. The van der Waals surface area contributed by atoms with Gasteiger partial charge >= 0.3 is 18.0 Å². The number of carboxylic acids is 1. The molecule has 8 heteroatoms. The van der Waals surface area contributed by atoms with E-state index >= 15 is 0 Å². The van der Waals surface area contributed by atoms with Gasteiger partial charge in [-0.2, -0.15) is 0 Å². The largest absolute Gasteiger partial charge is 0.480 e. The second-order valence-corrected chi connectivity index (χ2v) is 4.76. The van der Waals surface area contributed by atoms with E-state index < -0.39 is 42.3 Å². The van der Waals surface area contributed by atoms with Crippen LogP contribution in [0.4, 0.5) is 9.18 Å². The van der Waals surface area contributed by atoms with Crippen LogP contribution in [0.15, 0.2) is 0 Å². The Morgan fingerprint density at radius 1 is 1.32 bits per heavy atom. The van der Waals surface area contributed by atoms with Crippen molar-refractivity contribution in [3.05, 3.63) is 0 Å². The van der Waals surface area contributed by atoms with Gasteiger partial charge in [0.1, 0.15) is 11.6 Å². The van der Waals surface area contributed by atoms with Crippen LogP contribution in [0, 0.1) is 0 Å². The SMILES string of the molecule is COC(=O)[C@H](F)C[C@H](NC(=O)OC(C)(C)C)C(=O)O. The van der Waals surface area contributed by atoms with Crippen molar-refractivity contribution in [2.75, 3.05) is 7.11 Å². The summed E-state index contributed by atoms with van der Waals surface area (Å²) in [6.45, 7) is 4.78. The molecule has 1 amide bonds. The van der Waals surface area contributed by atoms with E-state index in [2.05, 4.69) is 4.74 Å². The highest BCUT2D eigenvalue weighted by atomic mass is 19.1. The maximum atomic E-state index is 13.3. The standard InChI is InChI=1S/C11H18FNO6/c1-11(2,3)19-10(17)13-7(8(14)15)5-6(12)9(16)18-4/h6-7H,5H2,1-4H3,(H,13,17)(H,14,15)/t6-,7+/m1/s1. The summed E-state index contributed by atoms with van der Waals surface area (Å²) in [6.07, 6.45) is -3.88. The third-order valence-corrected chi connectivity index (χ3v) is 1.89. The van der Waals surface area contributed by atoms with Gasteiger partial charge in [0.05, 0.1) is 7.11 Å². The molecule has 0 aliphatic heterocycles. The first kappa shape index (κ1) is 17.1. The number of hydrogen-bond acceptors (Lipinski definition) is 5. The lowest BCUT2D eigenvalue weighted by molar-refractivity contribution is -0.148. The van der Waals surface area contributed by atoms with Gasteiger partial charge in [-0.1, -0.05) is 0 Å². The molecule has 0 unspecified atom stereocenters. The lowest BCUT2D eigenvalue weighted by Crippen LogP contribution is -2.45. The number of methoxy groups -OCH3 is 1. The molecule has 0 aromatic heterocycles. The van der Waals surface area contributed by atoms with Gasteiger partial charge in [-0.15, -0.1) is 0 Å². The van der Waals surface area contributed by atoms with E-state index in [4.69, 9.17) is 9.84 Å². The summed E-state index contributed by atoms with van der Waals surface area (Å²) in [5, 5.41) is 10.8. The van der Waals surface area contributed by atoms with Crippen LogP contribution in [0.5, 0.6) is 0 Å². The predicted octanol–water partition coefficient (Wildman–Crippen LogP) is 0.865. The highest BCUT2D eigenvalue weighted by Gasteiger charge is 2.30. The van der Waals surface area contributed by atoms with Crippen molar-refractivity contribution >= 4 is 18.0 Å². The van der Waals surface area contributed by atoms with Gasteiger partial charge < -0.3 is 19.9 Å². The first-order valence-corrected chi connectivity index (χ1v) is 5.51. The summed E-state index contributed by atoms with van der Waals surface area (Å²) in [7, 11) is 0.978. The molecule has 0 radical (unpaired) electrons. The van der Waals surface area contributed by atoms with Crippen molar-refractivity contribution in [1.29, 1.82) is 0 Å². The van der Waals surface area contributed by atoms with Crippen LogP contribution in [-0.2, 0) is 19.1 Å². The Morgan fingerprint density at radius 3 is 2.21 bits per heavy atom. The van der Waals surface area contributed by atoms with Crippen molar-refractivity contribution in [3.63, 3.8) is 0 Å². The lowest BCUT2D eigenvalue weighted by Gasteiger charge is -2.22. The van der Waals surface area contributed by atoms with Gasteiger partial charge in [0.2, 0.25) is 0 Å². The molecule has 110 valence electrons. The molecule has 0 fully saturated rings. The van der Waals surface area contributed by atoms with Crippen LogP contribution < -0.4 is 5.32 Å². The van der Waals surface area contributed by atoms with Crippen LogP contribution >= 0.6 is 0 Å². The topological polar surface area (TPSA) is 102 Å². The molecule has 0 saturated heterocycles. The maximum Gasteiger partial charge on any atom is 0.408 e. The first-order valence-electron chi connectivity index (χ1n) is 5.51. The second kappa shape index (κ2) is 6.91. The van der Waals surface area contributed by atoms with Gasteiger partial charge in [-0.25, -0.2) is 18.8 Å². The van der Waals surface area contributed by atoms with Crippen LogP contribution in [-0.4, -0.2) is 48.1 Å². The Labute approximate surface area is 110 Å². The number of halogens is 1. The minimum atomic E-state index is -2.14. The van der Waals surface area contributed by atoms with Crippen molar-refractivity contribution in [1.82, 2.24) is 5.32 Å². The monoisotopic (exact) mass is 279 g/mol. The summed E-state index contributed by atoms with van der Waals surface area (Å²) in [6, 6.07) is -1.58. The van der Waals surface area contributed by atoms with Crippen molar-refractivity contribution in [2.24, 2.45) is 0 Å². The fourth-order valence-electron chi connectivity index (χ4n) is 1.10. The van der Waals surface area contributed by atoms with Gasteiger partial charge in [0.25, 0.3) is 0 Å². The van der Waals surface area contributed by atoms with E-state index in [1.54, 1.807) is 20.8 Å². The van der Waals surface area contributed by atoms with E-state index in [0.29, 0.717) is 0 Å². The maximum absolute atomic E-state index is 13.3. The Morgan fingerprint density at radius 2 is 1.84 bits per heavy atom. The van der Waals surface area contributed by atoms with E-state index in [1.165, 1.54) is 0 Å². The molecular formula is C11H18FNO6. The third-order valence-electron chi connectivity index (χ3n) is 1.89. The van der Waals surface area contributed by atoms with E-state index in [0.717, 1.165) is 7.11 Å². The summed E-state index contributed by atoms with van der Waals surface area (Å²) in [5.74, 6) is -2.67. The Bertz CT molecular complexity index is 352. The molecule has 2 N–H and O–H groups in total. The van der Waals surface area contributed by atoms with Crippen molar-refractivity contribution in [3.8, 4) is 0 Å². The second-order valence-electron chi connectivity index (χ2n) is 4.76. The van der Waals surface area contributed by atoms with Crippen LogP contribution in [0.3, 0.4) is 0 Å². The van der Waals surface area contributed by atoms with Gasteiger partial charge in [-0.05, 0) is 20.8 Å².